The van der Waals surface area contributed by atoms with E-state index >= 15 is 0 Å². The van der Waals surface area contributed by atoms with Gasteiger partial charge >= 0.3 is 6.01 Å². The number of carbonyl (C=O) groups excluding carboxylic acids is 1. The van der Waals surface area contributed by atoms with Gasteiger partial charge in [-0.05, 0) is 18.9 Å². The second kappa shape index (κ2) is 7.62. The number of anilines is 1. The van der Waals surface area contributed by atoms with E-state index in [-0.39, 0.29) is 5.91 Å². The maximum absolute atomic E-state index is 12.5. The average Bonchev–Trinajstić information content (AvgIpc) is 2.92. The van der Waals surface area contributed by atoms with Crippen LogP contribution in [-0.2, 0) is 11.3 Å². The number of hydrogen-bond acceptors (Lipinski definition) is 3. The number of nitrogens with zero attached hydrogens (tertiary/aromatic N) is 2. The van der Waals surface area contributed by atoms with Gasteiger partial charge in [0, 0.05) is 6.42 Å². The Morgan fingerprint density at radius 2 is 2.00 bits per heavy atom. The van der Waals surface area contributed by atoms with E-state index < -0.39 is 0 Å². The molecule has 0 aliphatic rings. The van der Waals surface area contributed by atoms with Crippen LogP contribution in [0.25, 0.3) is 0 Å². The van der Waals surface area contributed by atoms with Crippen LogP contribution in [0.2, 0.25) is 0 Å². The highest BCUT2D eigenvalue weighted by Gasteiger charge is 2.20. The van der Waals surface area contributed by atoms with Gasteiger partial charge in [0.1, 0.15) is 6.26 Å². The van der Waals surface area contributed by atoms with Crippen LogP contribution in [-0.4, -0.2) is 10.9 Å². The molecule has 0 saturated carbocycles. The summed E-state index contributed by atoms with van der Waals surface area (Å²) in [6.45, 7) is 4.48. The number of benzene rings is 1. The van der Waals surface area contributed by atoms with Crippen molar-refractivity contribution in [1.82, 2.24) is 4.98 Å². The Hall–Kier alpha value is -2.10. The van der Waals surface area contributed by atoms with Crippen LogP contribution < -0.4 is 4.90 Å². The number of rotatable bonds is 7. The highest BCUT2D eigenvalue weighted by molar-refractivity contribution is 5.91. The Morgan fingerprint density at radius 1 is 1.24 bits per heavy atom. The molecule has 0 aliphatic heterocycles. The molecule has 0 bridgehead atoms. The number of unbranched alkanes of at least 4 members (excludes halogenated alkanes) is 2. The van der Waals surface area contributed by atoms with E-state index in [4.69, 9.17) is 4.42 Å². The van der Waals surface area contributed by atoms with E-state index in [2.05, 4.69) is 11.9 Å². The molecule has 4 heteroatoms. The largest absolute Gasteiger partial charge is 0.431 e. The molecule has 2 aromatic rings. The van der Waals surface area contributed by atoms with Crippen LogP contribution >= 0.6 is 0 Å². The summed E-state index contributed by atoms with van der Waals surface area (Å²) in [6.07, 6.45) is 5.18. The summed E-state index contributed by atoms with van der Waals surface area (Å²) in [4.78, 5) is 18.4. The molecule has 1 aromatic heterocycles. The molecule has 0 saturated heterocycles. The second-order valence-corrected chi connectivity index (χ2v) is 5.19. The van der Waals surface area contributed by atoms with Crippen molar-refractivity contribution in [2.24, 2.45) is 0 Å². The van der Waals surface area contributed by atoms with Crippen LogP contribution in [0.3, 0.4) is 0 Å². The lowest BCUT2D eigenvalue weighted by Gasteiger charge is -2.18. The SMILES string of the molecule is CCCCCC(=O)N(Cc1ccccc1)c1nc(C)co1. The summed E-state index contributed by atoms with van der Waals surface area (Å²) in [6, 6.07) is 10.3. The van der Waals surface area contributed by atoms with Crippen molar-refractivity contribution in [1.29, 1.82) is 0 Å². The van der Waals surface area contributed by atoms with Crippen molar-refractivity contribution >= 4 is 11.9 Å². The standard InChI is InChI=1S/C17H22N2O2/c1-3-4-6-11-16(20)19(17-18-14(2)13-21-17)12-15-9-7-5-8-10-15/h5,7-10,13H,3-4,6,11-12H2,1-2H3. The number of aromatic nitrogens is 1. The molecule has 0 atom stereocenters. The Kier molecular flexibility index (Phi) is 5.55. The van der Waals surface area contributed by atoms with Crippen molar-refractivity contribution in [3.8, 4) is 0 Å². The van der Waals surface area contributed by atoms with Gasteiger partial charge in [0.25, 0.3) is 0 Å². The molecule has 0 radical (unpaired) electrons. The molecule has 2 rings (SSSR count). The van der Waals surface area contributed by atoms with Crippen molar-refractivity contribution in [3.05, 3.63) is 47.9 Å². The van der Waals surface area contributed by atoms with E-state index in [0.29, 0.717) is 19.0 Å². The highest BCUT2D eigenvalue weighted by Crippen LogP contribution is 2.18. The van der Waals surface area contributed by atoms with Crippen molar-refractivity contribution in [2.45, 2.75) is 46.1 Å². The monoisotopic (exact) mass is 286 g/mol. The van der Waals surface area contributed by atoms with Gasteiger partial charge in [0.2, 0.25) is 5.91 Å². The first kappa shape index (κ1) is 15.3. The van der Waals surface area contributed by atoms with Gasteiger partial charge in [-0.15, -0.1) is 0 Å². The van der Waals surface area contributed by atoms with Gasteiger partial charge in [0.05, 0.1) is 12.2 Å². The summed E-state index contributed by atoms with van der Waals surface area (Å²) in [5, 5.41) is 0. The first-order valence-corrected chi connectivity index (χ1v) is 7.47. The fourth-order valence-corrected chi connectivity index (χ4v) is 2.16. The zero-order valence-electron chi connectivity index (χ0n) is 12.7. The van der Waals surface area contributed by atoms with Crippen LogP contribution in [0.1, 0.15) is 43.9 Å². The average molecular weight is 286 g/mol. The summed E-state index contributed by atoms with van der Waals surface area (Å²) in [7, 11) is 0. The van der Waals surface area contributed by atoms with Crippen molar-refractivity contribution < 1.29 is 9.21 Å². The van der Waals surface area contributed by atoms with E-state index in [0.717, 1.165) is 30.5 Å². The zero-order valence-corrected chi connectivity index (χ0v) is 12.7. The van der Waals surface area contributed by atoms with Gasteiger partial charge in [-0.2, -0.15) is 4.98 Å². The summed E-state index contributed by atoms with van der Waals surface area (Å²) in [5.74, 6) is 0.0640. The molecule has 1 aromatic carbocycles. The van der Waals surface area contributed by atoms with Gasteiger partial charge in [0.15, 0.2) is 0 Å². The van der Waals surface area contributed by atoms with Crippen molar-refractivity contribution in [3.63, 3.8) is 0 Å². The lowest BCUT2D eigenvalue weighted by Crippen LogP contribution is -2.30. The molecule has 112 valence electrons. The first-order chi connectivity index (χ1) is 10.2. The van der Waals surface area contributed by atoms with Crippen LogP contribution in [0, 0.1) is 6.92 Å². The molecular formula is C17H22N2O2. The number of aryl methyl sites for hydroxylation is 1. The number of carbonyl (C=O) groups is 1. The highest BCUT2D eigenvalue weighted by atomic mass is 16.4. The third kappa shape index (κ3) is 4.45. The predicted octanol–water partition coefficient (Wildman–Crippen LogP) is 4.10. The summed E-state index contributed by atoms with van der Waals surface area (Å²) < 4.78 is 5.42. The number of amides is 1. The van der Waals surface area contributed by atoms with Gasteiger partial charge in [-0.3, -0.25) is 9.69 Å². The van der Waals surface area contributed by atoms with E-state index in [1.165, 1.54) is 0 Å². The molecule has 0 spiro atoms. The number of hydrogen-bond donors (Lipinski definition) is 0. The van der Waals surface area contributed by atoms with Crippen molar-refractivity contribution in [2.75, 3.05) is 4.90 Å². The van der Waals surface area contributed by atoms with Crippen LogP contribution in [0.5, 0.6) is 0 Å². The summed E-state index contributed by atoms with van der Waals surface area (Å²) >= 11 is 0. The lowest BCUT2D eigenvalue weighted by molar-refractivity contribution is -0.119. The Balaban J connectivity index is 2.12. The Labute approximate surface area is 125 Å². The molecule has 1 heterocycles. The zero-order chi connectivity index (χ0) is 15.1. The van der Waals surface area contributed by atoms with E-state index in [9.17, 15) is 4.79 Å². The normalized spacial score (nSPS) is 10.6. The predicted molar refractivity (Wildman–Crippen MR) is 83.0 cm³/mol. The topological polar surface area (TPSA) is 46.3 Å². The minimum atomic E-state index is 0.0640. The smallest absolute Gasteiger partial charge is 0.304 e. The summed E-state index contributed by atoms with van der Waals surface area (Å²) in [5.41, 5.74) is 1.85. The molecule has 0 unspecified atom stereocenters. The lowest BCUT2D eigenvalue weighted by atomic mass is 10.1. The Bertz CT molecular complexity index is 563. The number of oxazole rings is 1. The fourth-order valence-electron chi connectivity index (χ4n) is 2.16. The molecule has 0 aliphatic carbocycles. The third-order valence-electron chi connectivity index (χ3n) is 3.32. The molecule has 0 N–H and O–H groups in total. The maximum atomic E-state index is 12.5. The fraction of sp³-hybridized carbons (Fsp3) is 0.412. The minimum Gasteiger partial charge on any atom is -0.431 e. The Morgan fingerprint density at radius 3 is 2.62 bits per heavy atom. The van der Waals surface area contributed by atoms with E-state index in [1.54, 1.807) is 11.2 Å². The molecule has 21 heavy (non-hydrogen) atoms. The second-order valence-electron chi connectivity index (χ2n) is 5.19. The molecular weight excluding hydrogens is 264 g/mol. The molecule has 0 fully saturated rings. The van der Waals surface area contributed by atoms with Gasteiger partial charge < -0.3 is 4.42 Å². The van der Waals surface area contributed by atoms with Gasteiger partial charge in [-0.1, -0.05) is 50.1 Å². The maximum Gasteiger partial charge on any atom is 0.304 e. The van der Waals surface area contributed by atoms with Crippen LogP contribution in [0.15, 0.2) is 41.0 Å². The van der Waals surface area contributed by atoms with Gasteiger partial charge in [-0.25, -0.2) is 0 Å². The van der Waals surface area contributed by atoms with E-state index in [1.807, 2.05) is 37.3 Å². The quantitative estimate of drug-likeness (QED) is 0.720. The molecule has 1 amide bonds. The first-order valence-electron chi connectivity index (χ1n) is 7.47. The third-order valence-corrected chi connectivity index (χ3v) is 3.32. The minimum absolute atomic E-state index is 0.0640. The van der Waals surface area contributed by atoms with Crippen LogP contribution in [0.4, 0.5) is 6.01 Å². The molecule has 4 nitrogen and oxygen atoms in total.